The highest BCUT2D eigenvalue weighted by Gasteiger charge is 2.07. The van der Waals surface area contributed by atoms with Gasteiger partial charge in [-0.2, -0.15) is 5.26 Å². The Labute approximate surface area is 134 Å². The molecule has 0 aliphatic heterocycles. The van der Waals surface area contributed by atoms with Gasteiger partial charge < -0.3 is 14.6 Å². The van der Waals surface area contributed by atoms with Gasteiger partial charge in [-0.3, -0.25) is 0 Å². The number of aliphatic hydroxyl groups is 1. The van der Waals surface area contributed by atoms with Crippen molar-refractivity contribution in [3.8, 4) is 17.6 Å². The molecule has 2 aromatic carbocycles. The van der Waals surface area contributed by atoms with Gasteiger partial charge in [-0.1, -0.05) is 6.07 Å². The lowest BCUT2D eigenvalue weighted by Gasteiger charge is -2.12. The summed E-state index contributed by atoms with van der Waals surface area (Å²) in [6.45, 7) is 0.211. The molecule has 22 heavy (non-hydrogen) atoms. The molecule has 0 saturated carbocycles. The van der Waals surface area contributed by atoms with Gasteiger partial charge in [0, 0.05) is 10.6 Å². The summed E-state index contributed by atoms with van der Waals surface area (Å²) < 4.78 is 10.7. The summed E-state index contributed by atoms with van der Waals surface area (Å²) in [5, 5.41) is 18.7. The maximum Gasteiger partial charge on any atom is 0.119 e. The van der Waals surface area contributed by atoms with Crippen LogP contribution in [-0.2, 0) is 0 Å². The van der Waals surface area contributed by atoms with Crippen molar-refractivity contribution >= 4 is 11.8 Å². The second kappa shape index (κ2) is 8.32. The van der Waals surface area contributed by atoms with Crippen LogP contribution in [-0.4, -0.2) is 30.7 Å². The molecule has 0 aliphatic rings. The molecule has 0 aromatic heterocycles. The van der Waals surface area contributed by atoms with Crippen LogP contribution in [0, 0.1) is 11.3 Å². The molecule has 1 unspecified atom stereocenters. The zero-order valence-electron chi connectivity index (χ0n) is 12.2. The van der Waals surface area contributed by atoms with Crippen LogP contribution in [0.5, 0.6) is 11.5 Å². The topological polar surface area (TPSA) is 62.5 Å². The number of benzene rings is 2. The Kier molecular flexibility index (Phi) is 6.13. The van der Waals surface area contributed by atoms with Gasteiger partial charge in [0.2, 0.25) is 0 Å². The van der Waals surface area contributed by atoms with Crippen LogP contribution in [0.15, 0.2) is 53.4 Å². The fourth-order valence-corrected chi connectivity index (χ4v) is 2.60. The molecule has 1 atom stereocenters. The van der Waals surface area contributed by atoms with Crippen LogP contribution in [0.2, 0.25) is 0 Å². The SMILES string of the molecule is COc1cccc(SCC(O)COc2ccc(C#N)cc2)c1. The van der Waals surface area contributed by atoms with E-state index in [9.17, 15) is 5.11 Å². The van der Waals surface area contributed by atoms with E-state index in [1.54, 1.807) is 43.1 Å². The lowest BCUT2D eigenvalue weighted by Crippen LogP contribution is -2.20. The van der Waals surface area contributed by atoms with E-state index < -0.39 is 6.10 Å². The van der Waals surface area contributed by atoms with E-state index in [0.29, 0.717) is 17.1 Å². The minimum Gasteiger partial charge on any atom is -0.497 e. The van der Waals surface area contributed by atoms with Crippen molar-refractivity contribution in [3.05, 3.63) is 54.1 Å². The Morgan fingerprint density at radius 3 is 2.64 bits per heavy atom. The molecule has 0 amide bonds. The first-order valence-electron chi connectivity index (χ1n) is 6.79. The lowest BCUT2D eigenvalue weighted by molar-refractivity contribution is 0.126. The van der Waals surface area contributed by atoms with Crippen molar-refractivity contribution in [2.75, 3.05) is 19.5 Å². The van der Waals surface area contributed by atoms with E-state index in [1.807, 2.05) is 30.3 Å². The quantitative estimate of drug-likeness (QED) is 0.796. The molecule has 0 saturated heterocycles. The summed E-state index contributed by atoms with van der Waals surface area (Å²) in [7, 11) is 1.63. The summed E-state index contributed by atoms with van der Waals surface area (Å²) in [6.07, 6.45) is -0.577. The summed E-state index contributed by atoms with van der Waals surface area (Å²) in [5.74, 6) is 1.97. The van der Waals surface area contributed by atoms with E-state index in [1.165, 1.54) is 0 Å². The molecular weight excluding hydrogens is 298 g/mol. The van der Waals surface area contributed by atoms with Gasteiger partial charge >= 0.3 is 0 Å². The average Bonchev–Trinajstić information content (AvgIpc) is 2.58. The number of hydrogen-bond donors (Lipinski definition) is 1. The second-order valence-corrected chi connectivity index (χ2v) is 5.68. The minimum atomic E-state index is -0.577. The molecule has 0 aliphatic carbocycles. The first kappa shape index (κ1) is 16.2. The van der Waals surface area contributed by atoms with Gasteiger partial charge in [0.1, 0.15) is 18.1 Å². The third kappa shape index (κ3) is 4.99. The molecule has 2 rings (SSSR count). The summed E-state index contributed by atoms with van der Waals surface area (Å²) >= 11 is 1.55. The van der Waals surface area contributed by atoms with E-state index >= 15 is 0 Å². The van der Waals surface area contributed by atoms with Crippen LogP contribution in [0.25, 0.3) is 0 Å². The van der Waals surface area contributed by atoms with Crippen LogP contribution in [0.3, 0.4) is 0 Å². The van der Waals surface area contributed by atoms with Crippen LogP contribution < -0.4 is 9.47 Å². The maximum absolute atomic E-state index is 9.97. The van der Waals surface area contributed by atoms with Crippen LogP contribution in [0.4, 0.5) is 0 Å². The zero-order valence-corrected chi connectivity index (χ0v) is 13.0. The molecule has 114 valence electrons. The predicted octanol–water partition coefficient (Wildman–Crippen LogP) is 3.10. The Balaban J connectivity index is 1.77. The number of ether oxygens (including phenoxy) is 2. The Morgan fingerprint density at radius 2 is 1.95 bits per heavy atom. The number of thioether (sulfide) groups is 1. The van der Waals surface area contributed by atoms with Crippen LogP contribution in [0.1, 0.15) is 5.56 Å². The molecular formula is C17H17NO3S. The van der Waals surface area contributed by atoms with E-state index in [2.05, 4.69) is 0 Å². The summed E-state index contributed by atoms with van der Waals surface area (Å²) in [5.41, 5.74) is 0.585. The van der Waals surface area contributed by atoms with E-state index in [4.69, 9.17) is 14.7 Å². The standard InChI is InChI=1S/C17H17NO3S/c1-20-16-3-2-4-17(9-16)22-12-14(19)11-21-15-7-5-13(10-18)6-8-15/h2-9,14,19H,11-12H2,1H3. The number of nitriles is 1. The molecule has 1 N–H and O–H groups in total. The highest BCUT2D eigenvalue weighted by molar-refractivity contribution is 7.99. The fraction of sp³-hybridized carbons (Fsp3) is 0.235. The maximum atomic E-state index is 9.97. The fourth-order valence-electron chi connectivity index (χ4n) is 1.75. The Hall–Kier alpha value is -2.16. The molecule has 2 aromatic rings. The third-order valence-electron chi connectivity index (χ3n) is 2.91. The molecule has 0 bridgehead atoms. The number of hydrogen-bond acceptors (Lipinski definition) is 5. The van der Waals surface area contributed by atoms with Gasteiger partial charge in [0.25, 0.3) is 0 Å². The molecule has 0 radical (unpaired) electrons. The zero-order chi connectivity index (χ0) is 15.8. The molecule has 4 nitrogen and oxygen atoms in total. The molecule has 5 heteroatoms. The van der Waals surface area contributed by atoms with Crippen molar-refractivity contribution in [1.82, 2.24) is 0 Å². The Bertz CT molecular complexity index is 637. The van der Waals surface area contributed by atoms with Gasteiger partial charge in [-0.05, 0) is 42.5 Å². The largest absolute Gasteiger partial charge is 0.497 e. The van der Waals surface area contributed by atoms with Crippen LogP contribution >= 0.6 is 11.8 Å². The highest BCUT2D eigenvalue weighted by atomic mass is 32.2. The monoisotopic (exact) mass is 315 g/mol. The number of rotatable bonds is 7. The van der Waals surface area contributed by atoms with Crippen molar-refractivity contribution in [3.63, 3.8) is 0 Å². The number of methoxy groups -OCH3 is 1. The smallest absolute Gasteiger partial charge is 0.119 e. The van der Waals surface area contributed by atoms with Gasteiger partial charge in [0.05, 0.1) is 24.8 Å². The Morgan fingerprint density at radius 1 is 1.18 bits per heavy atom. The minimum absolute atomic E-state index is 0.211. The van der Waals surface area contributed by atoms with E-state index in [-0.39, 0.29) is 6.61 Å². The average molecular weight is 315 g/mol. The third-order valence-corrected chi connectivity index (χ3v) is 4.05. The first-order valence-corrected chi connectivity index (χ1v) is 7.77. The van der Waals surface area contributed by atoms with Crippen molar-refractivity contribution in [2.24, 2.45) is 0 Å². The summed E-state index contributed by atoms with van der Waals surface area (Å²) in [6, 6.07) is 16.6. The predicted molar refractivity (Wildman–Crippen MR) is 86.4 cm³/mol. The summed E-state index contributed by atoms with van der Waals surface area (Å²) in [4.78, 5) is 1.04. The number of nitrogens with zero attached hydrogens (tertiary/aromatic N) is 1. The van der Waals surface area contributed by atoms with Crippen molar-refractivity contribution < 1.29 is 14.6 Å². The van der Waals surface area contributed by atoms with Gasteiger partial charge in [0.15, 0.2) is 0 Å². The van der Waals surface area contributed by atoms with Crippen molar-refractivity contribution in [2.45, 2.75) is 11.0 Å². The molecule has 0 spiro atoms. The first-order chi connectivity index (χ1) is 10.7. The second-order valence-electron chi connectivity index (χ2n) is 4.59. The van der Waals surface area contributed by atoms with Crippen molar-refractivity contribution in [1.29, 1.82) is 5.26 Å². The lowest BCUT2D eigenvalue weighted by atomic mass is 10.2. The normalized spacial score (nSPS) is 11.5. The molecule has 0 fully saturated rings. The molecule has 0 heterocycles. The number of aliphatic hydroxyl groups excluding tert-OH is 1. The van der Waals surface area contributed by atoms with Gasteiger partial charge in [-0.25, -0.2) is 0 Å². The highest BCUT2D eigenvalue weighted by Crippen LogP contribution is 2.23. The van der Waals surface area contributed by atoms with E-state index in [0.717, 1.165) is 10.6 Å². The van der Waals surface area contributed by atoms with Gasteiger partial charge in [-0.15, -0.1) is 11.8 Å².